The minimum Gasteiger partial charge on any atom is -0.361 e. The third-order valence-electron chi connectivity index (χ3n) is 3.00. The monoisotopic (exact) mass is 308 g/mol. The van der Waals surface area contributed by atoms with E-state index < -0.39 is 0 Å². The zero-order chi connectivity index (χ0) is 15.4. The van der Waals surface area contributed by atoms with Gasteiger partial charge in [-0.3, -0.25) is 4.79 Å². The number of hydrogen-bond acceptors (Lipinski definition) is 4. The van der Waals surface area contributed by atoms with Gasteiger partial charge in [0.05, 0.1) is 0 Å². The number of aromatic nitrogens is 1. The summed E-state index contributed by atoms with van der Waals surface area (Å²) in [5, 5.41) is 7.17. The first-order chi connectivity index (χ1) is 10.0. The normalized spacial score (nSPS) is 12.4. The maximum atomic E-state index is 12.1. The number of halogens is 1. The standard InChI is InChI=1S/C15H17ClN2O3/c1-9(2)15(20-3)17-14(19)12-8-13(21-18-12)10-4-6-11(16)7-5-10/h4-9,15H,1-3H3,(H,17,19). The molecule has 21 heavy (non-hydrogen) atoms. The molecule has 0 radical (unpaired) electrons. The molecule has 1 heterocycles. The topological polar surface area (TPSA) is 64.4 Å². The molecule has 0 bridgehead atoms. The molecule has 1 amide bonds. The predicted molar refractivity (Wildman–Crippen MR) is 80.1 cm³/mol. The van der Waals surface area contributed by atoms with E-state index in [0.717, 1.165) is 5.56 Å². The van der Waals surface area contributed by atoms with Gasteiger partial charge >= 0.3 is 0 Å². The van der Waals surface area contributed by atoms with Crippen molar-refractivity contribution in [3.05, 3.63) is 41.0 Å². The molecule has 1 N–H and O–H groups in total. The van der Waals surface area contributed by atoms with E-state index in [0.29, 0.717) is 10.8 Å². The molecule has 1 unspecified atom stereocenters. The maximum absolute atomic E-state index is 12.1. The van der Waals surface area contributed by atoms with Gasteiger partial charge in [-0.25, -0.2) is 0 Å². The molecule has 112 valence electrons. The summed E-state index contributed by atoms with van der Waals surface area (Å²) in [6.07, 6.45) is -0.367. The van der Waals surface area contributed by atoms with Crippen LogP contribution in [-0.4, -0.2) is 24.4 Å². The highest BCUT2D eigenvalue weighted by Crippen LogP contribution is 2.22. The zero-order valence-corrected chi connectivity index (χ0v) is 12.8. The lowest BCUT2D eigenvalue weighted by Gasteiger charge is -2.19. The Morgan fingerprint density at radius 3 is 2.57 bits per heavy atom. The second-order valence-corrected chi connectivity index (χ2v) is 5.39. The van der Waals surface area contributed by atoms with Crippen LogP contribution in [0.3, 0.4) is 0 Å². The number of nitrogens with zero attached hydrogens (tertiary/aromatic N) is 1. The summed E-state index contributed by atoms with van der Waals surface area (Å²) in [5.41, 5.74) is 1.01. The largest absolute Gasteiger partial charge is 0.361 e. The van der Waals surface area contributed by atoms with Gasteiger partial charge in [-0.2, -0.15) is 0 Å². The van der Waals surface area contributed by atoms with E-state index in [4.69, 9.17) is 20.9 Å². The lowest BCUT2D eigenvalue weighted by atomic mass is 10.1. The van der Waals surface area contributed by atoms with Gasteiger partial charge in [-0.15, -0.1) is 0 Å². The fraction of sp³-hybridized carbons (Fsp3) is 0.333. The highest BCUT2D eigenvalue weighted by molar-refractivity contribution is 6.30. The van der Waals surface area contributed by atoms with Crippen LogP contribution in [0.1, 0.15) is 24.3 Å². The molecular weight excluding hydrogens is 292 g/mol. The Kier molecular flexibility index (Phi) is 4.98. The van der Waals surface area contributed by atoms with Gasteiger partial charge in [0, 0.05) is 23.8 Å². The van der Waals surface area contributed by atoms with Crippen LogP contribution in [0.4, 0.5) is 0 Å². The second kappa shape index (κ2) is 6.74. The molecule has 0 aliphatic carbocycles. The van der Waals surface area contributed by atoms with E-state index in [1.165, 1.54) is 0 Å². The van der Waals surface area contributed by atoms with Crippen molar-refractivity contribution >= 4 is 17.5 Å². The van der Waals surface area contributed by atoms with E-state index in [1.807, 2.05) is 13.8 Å². The Morgan fingerprint density at radius 2 is 2.00 bits per heavy atom. The van der Waals surface area contributed by atoms with Crippen LogP contribution in [0.25, 0.3) is 11.3 Å². The molecule has 1 aromatic heterocycles. The Hall–Kier alpha value is -1.85. The van der Waals surface area contributed by atoms with Gasteiger partial charge in [0.25, 0.3) is 5.91 Å². The van der Waals surface area contributed by atoms with Crippen molar-refractivity contribution in [2.45, 2.75) is 20.1 Å². The Morgan fingerprint density at radius 1 is 1.33 bits per heavy atom. The van der Waals surface area contributed by atoms with E-state index in [-0.39, 0.29) is 23.7 Å². The number of methoxy groups -OCH3 is 1. The van der Waals surface area contributed by atoms with Gasteiger partial charge in [0.2, 0.25) is 0 Å². The zero-order valence-electron chi connectivity index (χ0n) is 12.1. The van der Waals surface area contributed by atoms with Gasteiger partial charge < -0.3 is 14.6 Å². The van der Waals surface area contributed by atoms with Crippen LogP contribution in [0.5, 0.6) is 0 Å². The summed E-state index contributed by atoms with van der Waals surface area (Å²) in [5.74, 6) is 0.330. The first-order valence-electron chi connectivity index (χ1n) is 6.57. The molecule has 0 aliphatic rings. The number of carbonyl (C=O) groups is 1. The smallest absolute Gasteiger partial charge is 0.275 e. The third-order valence-corrected chi connectivity index (χ3v) is 3.26. The van der Waals surface area contributed by atoms with Crippen LogP contribution < -0.4 is 5.32 Å². The third kappa shape index (κ3) is 3.83. The van der Waals surface area contributed by atoms with Crippen LogP contribution >= 0.6 is 11.6 Å². The summed E-state index contributed by atoms with van der Waals surface area (Å²) < 4.78 is 10.4. The van der Waals surface area contributed by atoms with Crippen molar-refractivity contribution in [2.75, 3.05) is 7.11 Å². The quantitative estimate of drug-likeness (QED) is 0.860. The number of rotatable bonds is 5. The number of hydrogen-bond donors (Lipinski definition) is 1. The molecular formula is C15H17ClN2O3. The van der Waals surface area contributed by atoms with Gasteiger partial charge in [0.1, 0.15) is 6.23 Å². The van der Waals surface area contributed by atoms with Crippen LogP contribution in [0.2, 0.25) is 5.02 Å². The average molecular weight is 309 g/mol. The number of carbonyl (C=O) groups excluding carboxylic acids is 1. The minimum atomic E-state index is -0.367. The van der Waals surface area contributed by atoms with Gasteiger partial charge in [0.15, 0.2) is 11.5 Å². The van der Waals surface area contributed by atoms with E-state index >= 15 is 0 Å². The lowest BCUT2D eigenvalue weighted by molar-refractivity contribution is 0.0331. The Labute approximate surface area is 128 Å². The molecule has 1 aromatic carbocycles. The van der Waals surface area contributed by atoms with Crippen molar-refractivity contribution < 1.29 is 14.1 Å². The molecule has 0 saturated carbocycles. The fourth-order valence-corrected chi connectivity index (χ4v) is 1.96. The molecule has 0 spiro atoms. The lowest BCUT2D eigenvalue weighted by Crippen LogP contribution is -2.39. The van der Waals surface area contributed by atoms with Gasteiger partial charge in [-0.1, -0.05) is 30.6 Å². The first kappa shape index (κ1) is 15.5. The van der Waals surface area contributed by atoms with Crippen LogP contribution in [0.15, 0.2) is 34.9 Å². The summed E-state index contributed by atoms with van der Waals surface area (Å²) >= 11 is 5.83. The molecule has 1 atom stereocenters. The number of ether oxygens (including phenoxy) is 1. The van der Waals surface area contributed by atoms with Crippen molar-refractivity contribution in [1.29, 1.82) is 0 Å². The highest BCUT2D eigenvalue weighted by Gasteiger charge is 2.19. The Balaban J connectivity index is 2.12. The average Bonchev–Trinajstić information content (AvgIpc) is 2.94. The molecule has 0 fully saturated rings. The summed E-state index contributed by atoms with van der Waals surface area (Å²) in [7, 11) is 1.55. The maximum Gasteiger partial charge on any atom is 0.275 e. The van der Waals surface area contributed by atoms with Crippen LogP contribution in [0, 0.1) is 5.92 Å². The van der Waals surface area contributed by atoms with Gasteiger partial charge in [-0.05, 0) is 30.2 Å². The summed E-state index contributed by atoms with van der Waals surface area (Å²) in [6, 6.07) is 8.69. The molecule has 0 saturated heterocycles. The molecule has 2 aromatic rings. The van der Waals surface area contributed by atoms with E-state index in [2.05, 4.69) is 10.5 Å². The summed E-state index contributed by atoms with van der Waals surface area (Å²) in [4.78, 5) is 12.1. The second-order valence-electron chi connectivity index (χ2n) is 4.96. The molecule has 0 aliphatic heterocycles. The van der Waals surface area contributed by atoms with Crippen molar-refractivity contribution in [3.63, 3.8) is 0 Å². The Bertz CT molecular complexity index is 608. The molecule has 2 rings (SSSR count). The van der Waals surface area contributed by atoms with E-state index in [9.17, 15) is 4.79 Å². The predicted octanol–water partition coefficient (Wildman–Crippen LogP) is 3.35. The summed E-state index contributed by atoms with van der Waals surface area (Å²) in [6.45, 7) is 3.91. The SMILES string of the molecule is COC(NC(=O)c1cc(-c2ccc(Cl)cc2)on1)C(C)C. The minimum absolute atomic E-state index is 0.154. The van der Waals surface area contributed by atoms with Crippen molar-refractivity contribution in [1.82, 2.24) is 10.5 Å². The first-order valence-corrected chi connectivity index (χ1v) is 6.95. The number of nitrogens with one attached hydrogen (secondary N) is 1. The van der Waals surface area contributed by atoms with Crippen molar-refractivity contribution in [3.8, 4) is 11.3 Å². The molecule has 5 nitrogen and oxygen atoms in total. The fourth-order valence-electron chi connectivity index (χ4n) is 1.83. The molecule has 6 heteroatoms. The number of benzene rings is 1. The van der Waals surface area contributed by atoms with Crippen LogP contribution in [-0.2, 0) is 4.74 Å². The van der Waals surface area contributed by atoms with Crippen molar-refractivity contribution in [2.24, 2.45) is 5.92 Å². The number of amides is 1. The van der Waals surface area contributed by atoms with E-state index in [1.54, 1.807) is 37.4 Å². The highest BCUT2D eigenvalue weighted by atomic mass is 35.5.